The van der Waals surface area contributed by atoms with Crippen LogP contribution in [0.15, 0.2) is 6.26 Å². The number of carbonyl (C=O) groups excluding carboxylic acids is 1. The Balaban J connectivity index is 3.43. The van der Waals surface area contributed by atoms with Gasteiger partial charge >= 0.3 is 0 Å². The largest absolute Gasteiger partial charge is 0.484 e. The molecular weight excluding hydrogens is 292 g/mol. The molecule has 2 N–H and O–H groups in total. The normalized spacial score (nSPS) is 13.3. The summed E-state index contributed by atoms with van der Waals surface area (Å²) in [4.78, 5) is 10.1. The Kier molecular flexibility index (Phi) is 16.9. The van der Waals surface area contributed by atoms with Crippen LogP contribution >= 0.6 is 0 Å². The van der Waals surface area contributed by atoms with Crippen LogP contribution in [0.5, 0.6) is 0 Å². The van der Waals surface area contributed by atoms with Crippen molar-refractivity contribution in [2.24, 2.45) is 0 Å². The lowest BCUT2D eigenvalue weighted by Crippen LogP contribution is -2.30. The zero-order chi connectivity index (χ0) is 17.2. The zero-order valence-electron chi connectivity index (χ0n) is 14.8. The summed E-state index contributed by atoms with van der Waals surface area (Å²) < 4.78 is 5.09. The molecule has 0 aliphatic heterocycles. The van der Waals surface area contributed by atoms with Gasteiger partial charge in [0.15, 0.2) is 12.2 Å². The lowest BCUT2D eigenvalue weighted by Gasteiger charge is -2.20. The maximum atomic E-state index is 10.1. The zero-order valence-corrected chi connectivity index (χ0v) is 14.8. The molecule has 0 spiro atoms. The van der Waals surface area contributed by atoms with Gasteiger partial charge in [0.25, 0.3) is 0 Å². The predicted molar refractivity (Wildman–Crippen MR) is 93.9 cm³/mol. The van der Waals surface area contributed by atoms with Crippen LogP contribution in [-0.4, -0.2) is 35.0 Å². The maximum Gasteiger partial charge on any atom is 0.167 e. The molecule has 2 unspecified atom stereocenters. The van der Waals surface area contributed by atoms with Gasteiger partial charge in [0.05, 0.1) is 6.61 Å². The summed E-state index contributed by atoms with van der Waals surface area (Å²) in [5.74, 6) is 1.53. The van der Waals surface area contributed by atoms with Crippen molar-refractivity contribution in [3.63, 3.8) is 0 Å². The fraction of sp³-hybridized carbons (Fsp3) is 0.895. The summed E-state index contributed by atoms with van der Waals surface area (Å²) in [7, 11) is 0. The molecule has 0 bridgehead atoms. The Morgan fingerprint density at radius 3 is 1.83 bits per heavy atom. The third-order valence-corrected chi connectivity index (χ3v) is 4.25. The molecule has 0 saturated carbocycles. The predicted octanol–water partition coefficient (Wildman–Crippen LogP) is 4.16. The molecule has 0 saturated heterocycles. The van der Waals surface area contributed by atoms with E-state index in [1.165, 1.54) is 70.1 Å². The number of rotatable bonds is 17. The molecule has 23 heavy (non-hydrogen) atoms. The highest BCUT2D eigenvalue weighted by atomic mass is 16.5. The van der Waals surface area contributed by atoms with Crippen molar-refractivity contribution in [3.8, 4) is 0 Å². The summed E-state index contributed by atoms with van der Waals surface area (Å²) in [5, 5.41) is 18.5. The van der Waals surface area contributed by atoms with Gasteiger partial charge < -0.3 is 14.9 Å². The highest BCUT2D eigenvalue weighted by Gasteiger charge is 2.18. The molecule has 0 heterocycles. The fourth-order valence-corrected chi connectivity index (χ4v) is 2.77. The number of hydrogen-bond acceptors (Lipinski definition) is 4. The van der Waals surface area contributed by atoms with E-state index < -0.39 is 12.2 Å². The molecule has 0 aliphatic carbocycles. The molecule has 4 nitrogen and oxygen atoms in total. The van der Waals surface area contributed by atoms with Crippen LogP contribution in [0.2, 0.25) is 0 Å². The fourth-order valence-electron chi connectivity index (χ4n) is 2.77. The minimum Gasteiger partial charge on any atom is -0.484 e. The third kappa shape index (κ3) is 14.5. The van der Waals surface area contributed by atoms with Gasteiger partial charge in [0.2, 0.25) is 0 Å². The Morgan fingerprint density at radius 1 is 0.913 bits per heavy atom. The quantitative estimate of drug-likeness (QED) is 0.239. The summed E-state index contributed by atoms with van der Waals surface area (Å²) in [5.41, 5.74) is 0. The van der Waals surface area contributed by atoms with E-state index in [-0.39, 0.29) is 6.61 Å². The summed E-state index contributed by atoms with van der Waals surface area (Å²) in [6.45, 7) is 1.90. The number of ether oxygens (including phenoxy) is 1. The minimum atomic E-state index is -0.938. The Morgan fingerprint density at radius 2 is 1.39 bits per heavy atom. The first-order valence-electron chi connectivity index (χ1n) is 9.40. The first-order chi connectivity index (χ1) is 11.3. The van der Waals surface area contributed by atoms with Crippen LogP contribution in [-0.2, 0) is 9.53 Å². The van der Waals surface area contributed by atoms with Crippen molar-refractivity contribution in [1.82, 2.24) is 0 Å². The molecule has 0 aromatic rings. The molecule has 0 fully saturated rings. The van der Waals surface area contributed by atoms with Gasteiger partial charge in [-0.3, -0.25) is 0 Å². The second-order valence-corrected chi connectivity index (χ2v) is 6.34. The molecule has 0 aliphatic rings. The van der Waals surface area contributed by atoms with E-state index in [1.54, 1.807) is 0 Å². The number of hydrogen-bond donors (Lipinski definition) is 2. The van der Waals surface area contributed by atoms with Crippen LogP contribution in [0.3, 0.4) is 0 Å². The third-order valence-electron chi connectivity index (χ3n) is 4.25. The van der Waals surface area contributed by atoms with Crippen LogP contribution < -0.4 is 0 Å². The van der Waals surface area contributed by atoms with E-state index in [0.29, 0.717) is 6.42 Å². The van der Waals surface area contributed by atoms with Gasteiger partial charge in [-0.25, -0.2) is 4.79 Å². The molecular formula is C19H36O4. The van der Waals surface area contributed by atoms with E-state index in [4.69, 9.17) is 9.84 Å². The smallest absolute Gasteiger partial charge is 0.167 e. The van der Waals surface area contributed by atoms with Crippen molar-refractivity contribution in [3.05, 3.63) is 6.26 Å². The van der Waals surface area contributed by atoms with Crippen LogP contribution in [0.25, 0.3) is 0 Å². The highest BCUT2D eigenvalue weighted by Crippen LogP contribution is 2.15. The maximum absolute atomic E-state index is 10.1. The molecule has 136 valence electrons. The van der Waals surface area contributed by atoms with E-state index in [0.717, 1.165) is 19.1 Å². The molecule has 4 heteroatoms. The second-order valence-electron chi connectivity index (χ2n) is 6.34. The van der Waals surface area contributed by atoms with Gasteiger partial charge in [0, 0.05) is 0 Å². The Labute approximate surface area is 141 Å². The lowest BCUT2D eigenvalue weighted by atomic mass is 10.0. The van der Waals surface area contributed by atoms with Gasteiger partial charge in [-0.1, -0.05) is 77.6 Å². The van der Waals surface area contributed by atoms with Crippen LogP contribution in [0.1, 0.15) is 90.4 Å². The molecule has 2 atom stereocenters. The number of aliphatic hydroxyl groups excluding tert-OH is 2. The summed E-state index contributed by atoms with van der Waals surface area (Å²) in [6, 6.07) is 0. The first-order valence-corrected chi connectivity index (χ1v) is 9.40. The SMILES string of the molecule is CCCCCCCCCCCCCCC(OC=C=O)C(O)CO. The van der Waals surface area contributed by atoms with Crippen molar-refractivity contribution < 1.29 is 19.7 Å². The topological polar surface area (TPSA) is 66.8 Å². The molecule has 0 rings (SSSR count). The second kappa shape index (κ2) is 17.5. The van der Waals surface area contributed by atoms with Crippen molar-refractivity contribution in [2.75, 3.05) is 6.61 Å². The average Bonchev–Trinajstić information content (AvgIpc) is 2.57. The highest BCUT2D eigenvalue weighted by molar-refractivity contribution is 5.42. The minimum absolute atomic E-state index is 0.352. The van der Waals surface area contributed by atoms with E-state index in [9.17, 15) is 9.90 Å². The van der Waals surface area contributed by atoms with Crippen molar-refractivity contribution >= 4 is 5.94 Å². The average molecular weight is 328 g/mol. The molecule has 0 aromatic carbocycles. The van der Waals surface area contributed by atoms with Gasteiger partial charge in [0.1, 0.15) is 12.2 Å². The Bertz CT molecular complexity index is 287. The summed E-state index contributed by atoms with van der Waals surface area (Å²) in [6.07, 6.45) is 15.5. The van der Waals surface area contributed by atoms with Gasteiger partial charge in [-0.2, -0.15) is 0 Å². The standard InChI is InChI=1S/C19H36O4/c1-2-3-4-5-6-7-8-9-10-11-12-13-14-19(18(22)17-21)23-16-15-20/h16,18-19,21-22H,2-14,17H2,1H3. The molecule has 0 aromatic heterocycles. The number of aliphatic hydroxyl groups is 2. The van der Waals surface area contributed by atoms with E-state index >= 15 is 0 Å². The van der Waals surface area contributed by atoms with Crippen LogP contribution in [0.4, 0.5) is 0 Å². The van der Waals surface area contributed by atoms with Gasteiger partial charge in [-0.05, 0) is 12.8 Å². The van der Waals surface area contributed by atoms with E-state index in [2.05, 4.69) is 6.92 Å². The van der Waals surface area contributed by atoms with Crippen LogP contribution in [0, 0.1) is 0 Å². The van der Waals surface area contributed by atoms with Crippen molar-refractivity contribution in [1.29, 1.82) is 0 Å². The monoisotopic (exact) mass is 328 g/mol. The molecule has 0 amide bonds. The van der Waals surface area contributed by atoms with Crippen molar-refractivity contribution in [2.45, 2.75) is 103 Å². The van der Waals surface area contributed by atoms with E-state index in [1.807, 2.05) is 0 Å². The first kappa shape index (κ1) is 22.2. The summed E-state index contributed by atoms with van der Waals surface area (Å²) >= 11 is 0. The number of unbranched alkanes of at least 4 members (excludes halogenated alkanes) is 11. The lowest BCUT2D eigenvalue weighted by molar-refractivity contribution is -0.0253. The Hall–Kier alpha value is -0.830. The van der Waals surface area contributed by atoms with Gasteiger partial charge in [-0.15, -0.1) is 0 Å². The molecule has 0 radical (unpaired) electrons.